The van der Waals surface area contributed by atoms with Gasteiger partial charge in [0.05, 0.1) is 6.54 Å². The Hall–Kier alpha value is -2.38. The minimum atomic E-state index is -0.622. The molecule has 0 aliphatic rings. The van der Waals surface area contributed by atoms with Crippen LogP contribution in [0.3, 0.4) is 0 Å². The van der Waals surface area contributed by atoms with Crippen LogP contribution in [-0.4, -0.2) is 26.0 Å². The largest absolute Gasteiger partial charge is 0.348 e. The van der Waals surface area contributed by atoms with Crippen molar-refractivity contribution in [2.75, 3.05) is 0 Å². The zero-order valence-corrected chi connectivity index (χ0v) is 17.1. The fraction of sp³-hybridized carbons (Fsp3) is 0.250. The number of carbonyl (C=O) groups is 1. The molecule has 28 heavy (non-hydrogen) atoms. The van der Waals surface area contributed by atoms with E-state index in [1.165, 1.54) is 23.9 Å². The van der Waals surface area contributed by atoms with Crippen LogP contribution in [0.5, 0.6) is 0 Å². The van der Waals surface area contributed by atoms with Gasteiger partial charge >= 0.3 is 0 Å². The van der Waals surface area contributed by atoms with Crippen LogP contribution in [-0.2, 0) is 17.1 Å². The summed E-state index contributed by atoms with van der Waals surface area (Å²) in [4.78, 5) is 11.8. The number of benzene rings is 2. The summed E-state index contributed by atoms with van der Waals surface area (Å²) in [5.41, 5.74) is 3.03. The lowest BCUT2D eigenvalue weighted by atomic mass is 10.2. The van der Waals surface area contributed by atoms with Crippen LogP contribution in [0.15, 0.2) is 53.7 Å². The molecule has 5 nitrogen and oxygen atoms in total. The molecular formula is C20H20ClFN4OS. The van der Waals surface area contributed by atoms with E-state index >= 15 is 0 Å². The van der Waals surface area contributed by atoms with Crippen molar-refractivity contribution in [1.82, 2.24) is 20.1 Å². The first-order chi connectivity index (χ1) is 13.4. The summed E-state index contributed by atoms with van der Waals surface area (Å²) in [7, 11) is 0. The van der Waals surface area contributed by atoms with Crippen LogP contribution in [0.2, 0.25) is 0 Å². The van der Waals surface area contributed by atoms with Crippen LogP contribution in [0.25, 0.3) is 5.69 Å². The molecule has 1 N–H and O–H groups in total. The zero-order valence-electron chi connectivity index (χ0n) is 15.5. The molecule has 0 spiro atoms. The number of halogens is 2. The first kappa shape index (κ1) is 20.4. The molecule has 0 aliphatic heterocycles. The molecule has 2 aromatic carbocycles. The standard InChI is InChI=1S/C20H20ClFN4OS/c1-13-3-9-17(10-4-13)26-18(11-23-19(27)14(2)21)24-25-20(26)28-12-15-5-7-16(22)8-6-15/h3-10,14H,11-12H2,1-2H3,(H,23,27)/t14-/m0/s1. The molecule has 0 radical (unpaired) electrons. The molecule has 1 atom stereocenters. The summed E-state index contributed by atoms with van der Waals surface area (Å²) in [6, 6.07) is 14.4. The van der Waals surface area contributed by atoms with E-state index in [0.717, 1.165) is 16.8 Å². The normalized spacial score (nSPS) is 12.0. The summed E-state index contributed by atoms with van der Waals surface area (Å²) in [6.45, 7) is 3.85. The Kier molecular flexibility index (Phi) is 6.70. The minimum Gasteiger partial charge on any atom is -0.348 e. The fourth-order valence-electron chi connectivity index (χ4n) is 2.50. The summed E-state index contributed by atoms with van der Waals surface area (Å²) in [5, 5.41) is 11.4. The number of hydrogen-bond acceptors (Lipinski definition) is 4. The van der Waals surface area contributed by atoms with Crippen molar-refractivity contribution in [2.45, 2.75) is 36.7 Å². The molecule has 0 saturated carbocycles. The molecule has 0 fully saturated rings. The third kappa shape index (κ3) is 5.11. The van der Waals surface area contributed by atoms with Gasteiger partial charge < -0.3 is 5.32 Å². The van der Waals surface area contributed by atoms with Gasteiger partial charge in [-0.1, -0.05) is 41.6 Å². The summed E-state index contributed by atoms with van der Waals surface area (Å²) in [6.07, 6.45) is 0. The minimum absolute atomic E-state index is 0.216. The number of aromatic nitrogens is 3. The number of carbonyl (C=O) groups excluding carboxylic acids is 1. The molecule has 0 saturated heterocycles. The van der Waals surface area contributed by atoms with E-state index in [4.69, 9.17) is 11.6 Å². The lowest BCUT2D eigenvalue weighted by Gasteiger charge is -2.12. The van der Waals surface area contributed by atoms with Gasteiger partial charge in [-0.3, -0.25) is 9.36 Å². The number of nitrogens with one attached hydrogen (secondary N) is 1. The van der Waals surface area contributed by atoms with Crippen LogP contribution in [0.4, 0.5) is 4.39 Å². The van der Waals surface area contributed by atoms with Crippen molar-refractivity contribution in [3.05, 3.63) is 71.3 Å². The lowest BCUT2D eigenvalue weighted by molar-refractivity contribution is -0.120. The van der Waals surface area contributed by atoms with Gasteiger partial charge in [0, 0.05) is 11.4 Å². The van der Waals surface area contributed by atoms with Crippen molar-refractivity contribution in [2.24, 2.45) is 0 Å². The van der Waals surface area contributed by atoms with Crippen LogP contribution in [0, 0.1) is 12.7 Å². The third-order valence-corrected chi connectivity index (χ3v) is 5.25. The van der Waals surface area contributed by atoms with Gasteiger partial charge in [0.2, 0.25) is 5.91 Å². The van der Waals surface area contributed by atoms with E-state index < -0.39 is 5.38 Å². The second-order valence-corrected chi connectivity index (χ2v) is 7.92. The average Bonchev–Trinajstić information content (AvgIpc) is 3.09. The number of aryl methyl sites for hydroxylation is 1. The number of rotatable bonds is 7. The topological polar surface area (TPSA) is 59.8 Å². The Balaban J connectivity index is 1.85. The van der Waals surface area contributed by atoms with Crippen molar-refractivity contribution < 1.29 is 9.18 Å². The predicted octanol–water partition coefficient (Wildman–Crippen LogP) is 4.25. The van der Waals surface area contributed by atoms with Crippen molar-refractivity contribution in [3.8, 4) is 5.69 Å². The van der Waals surface area contributed by atoms with Gasteiger partial charge in [0.15, 0.2) is 11.0 Å². The van der Waals surface area contributed by atoms with Crippen LogP contribution >= 0.6 is 23.4 Å². The van der Waals surface area contributed by atoms with Gasteiger partial charge in [0.25, 0.3) is 0 Å². The fourth-order valence-corrected chi connectivity index (χ4v) is 3.50. The smallest absolute Gasteiger partial charge is 0.238 e. The molecule has 1 amide bonds. The molecular weight excluding hydrogens is 399 g/mol. The molecule has 1 heterocycles. The number of alkyl halides is 1. The average molecular weight is 419 g/mol. The first-order valence-corrected chi connectivity index (χ1v) is 10.2. The van der Waals surface area contributed by atoms with Gasteiger partial charge in [-0.2, -0.15) is 0 Å². The summed E-state index contributed by atoms with van der Waals surface area (Å²) in [5.74, 6) is 0.704. The third-order valence-electron chi connectivity index (χ3n) is 4.06. The Morgan fingerprint density at radius 3 is 2.50 bits per heavy atom. The molecule has 146 valence electrons. The molecule has 0 unspecified atom stereocenters. The quantitative estimate of drug-likeness (QED) is 0.460. The monoisotopic (exact) mass is 418 g/mol. The maximum atomic E-state index is 13.1. The highest BCUT2D eigenvalue weighted by Crippen LogP contribution is 2.25. The van der Waals surface area contributed by atoms with Gasteiger partial charge in [-0.15, -0.1) is 21.8 Å². The van der Waals surface area contributed by atoms with E-state index in [0.29, 0.717) is 16.7 Å². The second kappa shape index (κ2) is 9.21. The SMILES string of the molecule is Cc1ccc(-n2c(CNC(=O)[C@H](C)Cl)nnc2SCc2ccc(F)cc2)cc1. The lowest BCUT2D eigenvalue weighted by Crippen LogP contribution is -2.30. The molecule has 0 aliphatic carbocycles. The van der Waals surface area contributed by atoms with E-state index in [1.54, 1.807) is 19.1 Å². The van der Waals surface area contributed by atoms with Crippen LogP contribution in [0.1, 0.15) is 23.9 Å². The zero-order chi connectivity index (χ0) is 20.1. The maximum absolute atomic E-state index is 13.1. The van der Waals surface area contributed by atoms with Gasteiger partial charge in [0.1, 0.15) is 11.2 Å². The highest BCUT2D eigenvalue weighted by Gasteiger charge is 2.16. The highest BCUT2D eigenvalue weighted by molar-refractivity contribution is 7.98. The molecule has 3 rings (SSSR count). The summed E-state index contributed by atoms with van der Waals surface area (Å²) < 4.78 is 15.0. The predicted molar refractivity (Wildman–Crippen MR) is 109 cm³/mol. The molecule has 8 heteroatoms. The van der Waals surface area contributed by atoms with Crippen molar-refractivity contribution in [3.63, 3.8) is 0 Å². The molecule has 3 aromatic rings. The highest BCUT2D eigenvalue weighted by atomic mass is 35.5. The molecule has 1 aromatic heterocycles. The molecule has 0 bridgehead atoms. The number of amides is 1. The van der Waals surface area contributed by atoms with E-state index in [-0.39, 0.29) is 18.3 Å². The second-order valence-electron chi connectivity index (χ2n) is 6.32. The maximum Gasteiger partial charge on any atom is 0.238 e. The van der Waals surface area contributed by atoms with Gasteiger partial charge in [-0.25, -0.2) is 4.39 Å². The van der Waals surface area contributed by atoms with E-state index in [2.05, 4.69) is 15.5 Å². The van der Waals surface area contributed by atoms with E-state index in [9.17, 15) is 9.18 Å². The van der Waals surface area contributed by atoms with Crippen molar-refractivity contribution in [1.29, 1.82) is 0 Å². The Morgan fingerprint density at radius 1 is 1.18 bits per heavy atom. The number of hydrogen-bond donors (Lipinski definition) is 1. The van der Waals surface area contributed by atoms with E-state index in [1.807, 2.05) is 35.8 Å². The van der Waals surface area contributed by atoms with Crippen molar-refractivity contribution >= 4 is 29.3 Å². The summed E-state index contributed by atoms with van der Waals surface area (Å²) >= 11 is 7.31. The Bertz CT molecular complexity index is 942. The first-order valence-electron chi connectivity index (χ1n) is 8.74. The van der Waals surface area contributed by atoms with Crippen LogP contribution < -0.4 is 5.32 Å². The van der Waals surface area contributed by atoms with Gasteiger partial charge in [-0.05, 0) is 43.7 Å². The Morgan fingerprint density at radius 2 is 1.86 bits per heavy atom. The number of thioether (sulfide) groups is 1. The number of nitrogens with zero attached hydrogens (tertiary/aromatic N) is 3. The Labute approximate surface area is 172 Å².